The predicted octanol–water partition coefficient (Wildman–Crippen LogP) is 3.82. The standard InChI is InChI=1S/C23H24N2O5S/c1-14(26)24-20-19(17-10-4-5-11-18(17)31-20)23(29)30-13-7-6-12-25-21(27)15-8-2-3-9-16(15)22(25)28/h2-3,8-9H,4-7,10-13H2,1H3,(H,24,26). The average Bonchev–Trinajstić information content (AvgIpc) is 3.23. The zero-order valence-electron chi connectivity index (χ0n) is 17.4. The number of unbranched alkanes of at least 4 members (excludes halogenated alkanes) is 1. The maximum absolute atomic E-state index is 12.8. The van der Waals surface area contributed by atoms with Gasteiger partial charge in [0.25, 0.3) is 11.8 Å². The molecule has 2 heterocycles. The van der Waals surface area contributed by atoms with Crippen LogP contribution < -0.4 is 5.32 Å². The van der Waals surface area contributed by atoms with Crippen molar-refractivity contribution in [3.8, 4) is 0 Å². The highest BCUT2D eigenvalue weighted by atomic mass is 32.1. The van der Waals surface area contributed by atoms with Crippen LogP contribution in [0.2, 0.25) is 0 Å². The summed E-state index contributed by atoms with van der Waals surface area (Å²) >= 11 is 1.46. The Morgan fingerprint density at radius 1 is 1.06 bits per heavy atom. The lowest BCUT2D eigenvalue weighted by atomic mass is 9.95. The van der Waals surface area contributed by atoms with Gasteiger partial charge in [-0.2, -0.15) is 0 Å². The first kappa shape index (κ1) is 21.2. The number of imide groups is 1. The zero-order valence-corrected chi connectivity index (χ0v) is 18.2. The summed E-state index contributed by atoms with van der Waals surface area (Å²) in [5, 5.41) is 3.33. The summed E-state index contributed by atoms with van der Waals surface area (Å²) in [7, 11) is 0. The number of benzene rings is 1. The minimum atomic E-state index is -0.427. The molecule has 3 amide bonds. The van der Waals surface area contributed by atoms with E-state index in [1.165, 1.54) is 23.2 Å². The van der Waals surface area contributed by atoms with E-state index in [-0.39, 0.29) is 30.9 Å². The van der Waals surface area contributed by atoms with Crippen molar-refractivity contribution < 1.29 is 23.9 Å². The molecule has 0 saturated heterocycles. The molecule has 162 valence electrons. The number of anilines is 1. The van der Waals surface area contributed by atoms with Crippen LogP contribution in [0, 0.1) is 0 Å². The Kier molecular flexibility index (Phi) is 6.18. The zero-order chi connectivity index (χ0) is 22.0. The number of nitrogens with zero attached hydrogens (tertiary/aromatic N) is 1. The molecule has 0 radical (unpaired) electrons. The number of nitrogens with one attached hydrogen (secondary N) is 1. The maximum Gasteiger partial charge on any atom is 0.341 e. The van der Waals surface area contributed by atoms with Crippen LogP contribution in [0.25, 0.3) is 0 Å². The first-order valence-electron chi connectivity index (χ1n) is 10.5. The van der Waals surface area contributed by atoms with Crippen molar-refractivity contribution in [1.82, 2.24) is 4.90 Å². The number of esters is 1. The molecule has 7 nitrogen and oxygen atoms in total. The molecule has 1 aliphatic heterocycles. The molecule has 0 atom stereocenters. The van der Waals surface area contributed by atoms with Gasteiger partial charge in [-0.05, 0) is 56.2 Å². The number of carbonyl (C=O) groups is 4. The Balaban J connectivity index is 1.31. The van der Waals surface area contributed by atoms with Gasteiger partial charge in [0.15, 0.2) is 0 Å². The Bertz CT molecular complexity index is 1020. The number of fused-ring (bicyclic) bond motifs is 2. The summed E-state index contributed by atoms with van der Waals surface area (Å²) in [6, 6.07) is 6.80. The quantitative estimate of drug-likeness (QED) is 0.401. The van der Waals surface area contributed by atoms with Gasteiger partial charge >= 0.3 is 5.97 Å². The molecular formula is C23H24N2O5S. The third-order valence-corrected chi connectivity index (χ3v) is 6.76. The third-order valence-electron chi connectivity index (χ3n) is 5.55. The van der Waals surface area contributed by atoms with Crippen LogP contribution >= 0.6 is 11.3 Å². The number of thiophene rings is 1. The number of ether oxygens (including phenoxy) is 1. The van der Waals surface area contributed by atoms with Gasteiger partial charge in [0, 0.05) is 18.3 Å². The van der Waals surface area contributed by atoms with Gasteiger partial charge in [-0.1, -0.05) is 12.1 Å². The SMILES string of the molecule is CC(=O)Nc1sc2c(c1C(=O)OCCCCN1C(=O)c3ccccc3C1=O)CCCC2. The molecule has 0 fully saturated rings. The van der Waals surface area contributed by atoms with Gasteiger partial charge in [0.2, 0.25) is 5.91 Å². The second-order valence-electron chi connectivity index (χ2n) is 7.75. The number of amides is 3. The number of rotatable bonds is 7. The van der Waals surface area contributed by atoms with Crippen LogP contribution in [-0.4, -0.2) is 41.7 Å². The molecule has 2 aliphatic rings. The third kappa shape index (κ3) is 4.25. The van der Waals surface area contributed by atoms with Crippen LogP contribution in [0.1, 0.15) is 74.1 Å². The number of hydrogen-bond donors (Lipinski definition) is 1. The lowest BCUT2D eigenvalue weighted by molar-refractivity contribution is -0.114. The van der Waals surface area contributed by atoms with E-state index in [4.69, 9.17) is 4.74 Å². The van der Waals surface area contributed by atoms with Crippen molar-refractivity contribution >= 4 is 40.0 Å². The van der Waals surface area contributed by atoms with Crippen molar-refractivity contribution in [3.63, 3.8) is 0 Å². The topological polar surface area (TPSA) is 92.8 Å². The van der Waals surface area contributed by atoms with E-state index >= 15 is 0 Å². The van der Waals surface area contributed by atoms with Crippen LogP contribution in [0.15, 0.2) is 24.3 Å². The van der Waals surface area contributed by atoms with E-state index in [0.29, 0.717) is 34.5 Å². The monoisotopic (exact) mass is 440 g/mol. The van der Waals surface area contributed by atoms with Gasteiger partial charge in [0.1, 0.15) is 5.00 Å². The first-order valence-corrected chi connectivity index (χ1v) is 11.3. The Labute approximate surface area is 184 Å². The van der Waals surface area contributed by atoms with Crippen molar-refractivity contribution in [1.29, 1.82) is 0 Å². The average molecular weight is 441 g/mol. The van der Waals surface area contributed by atoms with Gasteiger partial charge < -0.3 is 10.1 Å². The maximum atomic E-state index is 12.8. The lowest BCUT2D eigenvalue weighted by Crippen LogP contribution is -2.30. The summed E-state index contributed by atoms with van der Waals surface area (Å²) < 4.78 is 5.48. The van der Waals surface area contributed by atoms with Crippen LogP contribution in [0.4, 0.5) is 5.00 Å². The number of aryl methyl sites for hydroxylation is 1. The molecule has 1 N–H and O–H groups in total. The summed E-state index contributed by atoms with van der Waals surface area (Å²) in [6.45, 7) is 1.90. The molecule has 31 heavy (non-hydrogen) atoms. The lowest BCUT2D eigenvalue weighted by Gasteiger charge is -2.14. The highest BCUT2D eigenvalue weighted by Crippen LogP contribution is 2.38. The highest BCUT2D eigenvalue weighted by molar-refractivity contribution is 7.17. The number of hydrogen-bond acceptors (Lipinski definition) is 6. The van der Waals surface area contributed by atoms with E-state index in [2.05, 4.69) is 5.32 Å². The van der Waals surface area contributed by atoms with E-state index in [1.54, 1.807) is 24.3 Å². The van der Waals surface area contributed by atoms with Crippen LogP contribution in [0.5, 0.6) is 0 Å². The second kappa shape index (κ2) is 9.01. The molecule has 4 rings (SSSR count). The minimum Gasteiger partial charge on any atom is -0.462 e. The van der Waals surface area contributed by atoms with E-state index in [1.807, 2.05) is 0 Å². The summed E-state index contributed by atoms with van der Waals surface area (Å²) in [5.74, 6) is -1.19. The first-order chi connectivity index (χ1) is 15.0. The summed E-state index contributed by atoms with van der Waals surface area (Å²) in [4.78, 5) is 51.5. The normalized spacial score (nSPS) is 14.9. The van der Waals surface area contributed by atoms with E-state index in [9.17, 15) is 19.2 Å². The van der Waals surface area contributed by atoms with Gasteiger partial charge in [-0.25, -0.2) is 4.79 Å². The molecule has 1 aromatic carbocycles. The van der Waals surface area contributed by atoms with Crippen molar-refractivity contribution in [2.45, 2.75) is 45.4 Å². The molecule has 0 bridgehead atoms. The van der Waals surface area contributed by atoms with E-state index in [0.717, 1.165) is 36.1 Å². The van der Waals surface area contributed by atoms with Crippen LogP contribution in [0.3, 0.4) is 0 Å². The molecule has 2 aromatic rings. The summed E-state index contributed by atoms with van der Waals surface area (Å²) in [6.07, 6.45) is 4.90. The van der Waals surface area contributed by atoms with Gasteiger partial charge in [0.05, 0.1) is 23.3 Å². The predicted molar refractivity (Wildman–Crippen MR) is 117 cm³/mol. The molecular weight excluding hydrogens is 416 g/mol. The Morgan fingerprint density at radius 2 is 1.74 bits per heavy atom. The van der Waals surface area contributed by atoms with Crippen molar-refractivity contribution in [2.75, 3.05) is 18.5 Å². The second-order valence-corrected chi connectivity index (χ2v) is 8.85. The van der Waals surface area contributed by atoms with Gasteiger partial charge in [-0.15, -0.1) is 11.3 Å². The van der Waals surface area contributed by atoms with Crippen molar-refractivity contribution in [3.05, 3.63) is 51.4 Å². The largest absolute Gasteiger partial charge is 0.462 e. The Morgan fingerprint density at radius 3 is 2.42 bits per heavy atom. The fraction of sp³-hybridized carbons (Fsp3) is 0.391. The van der Waals surface area contributed by atoms with Crippen molar-refractivity contribution in [2.24, 2.45) is 0 Å². The minimum absolute atomic E-state index is 0.187. The smallest absolute Gasteiger partial charge is 0.341 e. The summed E-state index contributed by atoms with van der Waals surface area (Å²) in [5.41, 5.74) is 2.35. The molecule has 0 unspecified atom stereocenters. The highest BCUT2D eigenvalue weighted by Gasteiger charge is 2.34. The fourth-order valence-corrected chi connectivity index (χ4v) is 5.40. The molecule has 8 heteroatoms. The molecule has 0 saturated carbocycles. The van der Waals surface area contributed by atoms with E-state index < -0.39 is 5.97 Å². The molecule has 1 aromatic heterocycles. The molecule has 1 aliphatic carbocycles. The van der Waals surface area contributed by atoms with Crippen LogP contribution in [-0.2, 0) is 22.4 Å². The number of carbonyl (C=O) groups excluding carboxylic acids is 4. The fourth-order valence-electron chi connectivity index (χ4n) is 4.08. The molecule has 0 spiro atoms. The Hall–Kier alpha value is -3.00. The van der Waals surface area contributed by atoms with Gasteiger partial charge in [-0.3, -0.25) is 19.3 Å².